The summed E-state index contributed by atoms with van der Waals surface area (Å²) in [4.78, 5) is 25.8. The molecule has 1 saturated heterocycles. The van der Waals surface area contributed by atoms with Gasteiger partial charge in [-0.15, -0.1) is 0 Å². The molecule has 0 spiro atoms. The Bertz CT molecular complexity index is 999. The van der Waals surface area contributed by atoms with Gasteiger partial charge in [0.05, 0.1) is 10.5 Å². The van der Waals surface area contributed by atoms with E-state index in [1.165, 1.54) is 48.0 Å². The smallest absolute Gasteiger partial charge is 0.338 e. The Kier molecular flexibility index (Phi) is 7.02. The number of Topliss-reactive ketones (excluding diaryl/α,β-unsaturated/α-hetero) is 1. The van der Waals surface area contributed by atoms with Crippen LogP contribution in [0.1, 0.15) is 29.8 Å². The van der Waals surface area contributed by atoms with Crippen LogP contribution in [0.3, 0.4) is 0 Å². The summed E-state index contributed by atoms with van der Waals surface area (Å²) in [7, 11) is -3.73. The van der Waals surface area contributed by atoms with Gasteiger partial charge >= 0.3 is 5.97 Å². The fourth-order valence-corrected chi connectivity index (χ4v) is 4.68. The maximum Gasteiger partial charge on any atom is 0.338 e. The van der Waals surface area contributed by atoms with Crippen LogP contribution in [0.25, 0.3) is 0 Å². The summed E-state index contributed by atoms with van der Waals surface area (Å²) in [6.07, 6.45) is -0.879. The molecule has 2 aromatic carbocycles. The lowest BCUT2D eigenvalue weighted by Gasteiger charge is -2.34. The Morgan fingerprint density at radius 3 is 2.30 bits per heavy atom. The molecule has 2 aromatic rings. The van der Waals surface area contributed by atoms with Crippen LogP contribution in [-0.2, 0) is 26.1 Å². The molecular formula is C22H26N2O5S. The van der Waals surface area contributed by atoms with Crippen LogP contribution in [0.4, 0.5) is 0 Å². The lowest BCUT2D eigenvalue weighted by Crippen LogP contribution is -2.48. The molecule has 0 bridgehead atoms. The van der Waals surface area contributed by atoms with Gasteiger partial charge in [0.1, 0.15) is 0 Å². The summed E-state index contributed by atoms with van der Waals surface area (Å²) in [5, 5.41) is 0. The zero-order valence-corrected chi connectivity index (χ0v) is 18.0. The lowest BCUT2D eigenvalue weighted by molar-refractivity contribution is -0.124. The molecule has 1 aliphatic heterocycles. The van der Waals surface area contributed by atoms with Crippen LogP contribution in [0.15, 0.2) is 59.5 Å². The van der Waals surface area contributed by atoms with Crippen molar-refractivity contribution in [3.63, 3.8) is 0 Å². The van der Waals surface area contributed by atoms with Crippen LogP contribution < -0.4 is 0 Å². The standard InChI is InChI=1S/C22H26N2O5S/c1-17(25)18(2)29-22(26)20-9-6-10-21(15-20)30(27,28)24-13-11-23(12-14-24)16-19-7-4-3-5-8-19/h3-10,15,18H,11-14,16H2,1-2H3. The van der Waals surface area contributed by atoms with E-state index in [-0.39, 0.29) is 16.2 Å². The predicted molar refractivity (Wildman–Crippen MR) is 112 cm³/mol. The first-order valence-electron chi connectivity index (χ1n) is 9.85. The van der Waals surface area contributed by atoms with Crippen molar-refractivity contribution in [2.24, 2.45) is 0 Å². The van der Waals surface area contributed by atoms with E-state index < -0.39 is 22.1 Å². The molecule has 0 aliphatic carbocycles. The third-order valence-corrected chi connectivity index (χ3v) is 7.04. The van der Waals surface area contributed by atoms with Crippen LogP contribution in [0.2, 0.25) is 0 Å². The van der Waals surface area contributed by atoms with E-state index in [9.17, 15) is 18.0 Å². The van der Waals surface area contributed by atoms with Gasteiger partial charge in [0.2, 0.25) is 10.0 Å². The van der Waals surface area contributed by atoms with Crippen molar-refractivity contribution in [2.45, 2.75) is 31.4 Å². The summed E-state index contributed by atoms with van der Waals surface area (Å²) >= 11 is 0. The summed E-state index contributed by atoms with van der Waals surface area (Å²) in [6.45, 7) is 5.62. The third-order valence-electron chi connectivity index (χ3n) is 5.14. The highest BCUT2D eigenvalue weighted by Gasteiger charge is 2.29. The highest BCUT2D eigenvalue weighted by atomic mass is 32.2. The molecule has 1 fully saturated rings. The topological polar surface area (TPSA) is 84.0 Å². The van der Waals surface area contributed by atoms with E-state index in [0.29, 0.717) is 26.2 Å². The SMILES string of the molecule is CC(=O)C(C)OC(=O)c1cccc(S(=O)(=O)N2CCN(Cc3ccccc3)CC2)c1. The van der Waals surface area contributed by atoms with Crippen LogP contribution in [0, 0.1) is 0 Å². The maximum absolute atomic E-state index is 13.1. The molecule has 30 heavy (non-hydrogen) atoms. The van der Waals surface area contributed by atoms with E-state index in [0.717, 1.165) is 6.54 Å². The van der Waals surface area contributed by atoms with Gasteiger partial charge in [-0.05, 0) is 37.6 Å². The van der Waals surface area contributed by atoms with Gasteiger partial charge in [0, 0.05) is 32.7 Å². The number of sulfonamides is 1. The first kappa shape index (κ1) is 22.1. The fourth-order valence-electron chi connectivity index (χ4n) is 3.21. The summed E-state index contributed by atoms with van der Waals surface area (Å²) in [5.74, 6) is -0.997. The van der Waals surface area contributed by atoms with Crippen molar-refractivity contribution < 1.29 is 22.7 Å². The minimum Gasteiger partial charge on any atom is -0.451 e. The number of carbonyl (C=O) groups excluding carboxylic acids is 2. The minimum atomic E-state index is -3.73. The van der Waals surface area contributed by atoms with E-state index in [2.05, 4.69) is 17.0 Å². The molecule has 1 aliphatic rings. The molecule has 8 heteroatoms. The number of nitrogens with zero attached hydrogens (tertiary/aromatic N) is 2. The molecule has 160 valence electrons. The van der Waals surface area contributed by atoms with Crippen molar-refractivity contribution in [1.29, 1.82) is 0 Å². The first-order chi connectivity index (χ1) is 14.3. The van der Waals surface area contributed by atoms with Gasteiger partial charge in [-0.2, -0.15) is 4.31 Å². The molecular weight excluding hydrogens is 404 g/mol. The minimum absolute atomic E-state index is 0.0453. The number of esters is 1. The second-order valence-electron chi connectivity index (χ2n) is 7.35. The molecule has 0 aromatic heterocycles. The van der Waals surface area contributed by atoms with E-state index >= 15 is 0 Å². The van der Waals surface area contributed by atoms with E-state index in [1.54, 1.807) is 0 Å². The Balaban J connectivity index is 1.66. The predicted octanol–water partition coefficient (Wildman–Crippen LogP) is 2.33. The first-order valence-corrected chi connectivity index (χ1v) is 11.3. The van der Waals surface area contributed by atoms with Gasteiger partial charge in [0.15, 0.2) is 11.9 Å². The zero-order valence-electron chi connectivity index (χ0n) is 17.2. The van der Waals surface area contributed by atoms with Crippen molar-refractivity contribution in [1.82, 2.24) is 9.21 Å². The molecule has 7 nitrogen and oxygen atoms in total. The van der Waals surface area contributed by atoms with E-state index in [4.69, 9.17) is 4.74 Å². The normalized spacial score (nSPS) is 16.7. The molecule has 1 heterocycles. The van der Waals surface area contributed by atoms with Crippen LogP contribution >= 0.6 is 0 Å². The van der Waals surface area contributed by atoms with Gasteiger partial charge in [-0.25, -0.2) is 13.2 Å². The highest BCUT2D eigenvalue weighted by Crippen LogP contribution is 2.20. The monoisotopic (exact) mass is 430 g/mol. The molecule has 0 N–H and O–H groups in total. The van der Waals surface area contributed by atoms with Gasteiger partial charge in [-0.1, -0.05) is 36.4 Å². The lowest BCUT2D eigenvalue weighted by atomic mass is 10.2. The molecule has 0 saturated carbocycles. The zero-order chi connectivity index (χ0) is 21.7. The molecule has 0 radical (unpaired) electrons. The highest BCUT2D eigenvalue weighted by molar-refractivity contribution is 7.89. The number of ketones is 1. The quantitative estimate of drug-likeness (QED) is 0.627. The Hall–Kier alpha value is -2.55. The average Bonchev–Trinajstić information content (AvgIpc) is 2.75. The number of piperazine rings is 1. The van der Waals surface area contributed by atoms with Crippen molar-refractivity contribution in [3.05, 3.63) is 65.7 Å². The summed E-state index contributed by atoms with van der Waals surface area (Å²) < 4.78 is 32.6. The number of benzene rings is 2. The van der Waals surface area contributed by atoms with Crippen LogP contribution in [-0.4, -0.2) is 61.7 Å². The van der Waals surface area contributed by atoms with Crippen LogP contribution in [0.5, 0.6) is 0 Å². The number of carbonyl (C=O) groups is 2. The Morgan fingerprint density at radius 1 is 1.00 bits per heavy atom. The van der Waals surface area contributed by atoms with Crippen molar-refractivity contribution in [3.8, 4) is 0 Å². The van der Waals surface area contributed by atoms with Gasteiger partial charge < -0.3 is 4.74 Å². The molecule has 1 unspecified atom stereocenters. The third kappa shape index (κ3) is 5.33. The Morgan fingerprint density at radius 2 is 1.67 bits per heavy atom. The summed E-state index contributed by atoms with van der Waals surface area (Å²) in [5.41, 5.74) is 1.30. The second-order valence-corrected chi connectivity index (χ2v) is 9.29. The van der Waals surface area contributed by atoms with Crippen molar-refractivity contribution in [2.75, 3.05) is 26.2 Å². The number of hydrogen-bond donors (Lipinski definition) is 0. The maximum atomic E-state index is 13.1. The molecule has 3 rings (SSSR count). The average molecular weight is 431 g/mol. The van der Waals surface area contributed by atoms with E-state index in [1.807, 2.05) is 18.2 Å². The summed E-state index contributed by atoms with van der Waals surface area (Å²) in [6, 6.07) is 15.8. The largest absolute Gasteiger partial charge is 0.451 e. The van der Waals surface area contributed by atoms with Crippen molar-refractivity contribution >= 4 is 21.8 Å². The second kappa shape index (κ2) is 9.51. The molecule has 0 amide bonds. The van der Waals surface area contributed by atoms with Gasteiger partial charge in [0.25, 0.3) is 0 Å². The number of hydrogen-bond acceptors (Lipinski definition) is 6. The molecule has 1 atom stereocenters. The van der Waals surface area contributed by atoms with Gasteiger partial charge in [-0.3, -0.25) is 9.69 Å². The Labute approximate surface area is 177 Å². The number of ether oxygens (including phenoxy) is 1. The number of rotatable bonds is 7. The fraction of sp³-hybridized carbons (Fsp3) is 0.364.